The number of benzene rings is 1. The van der Waals surface area contributed by atoms with Crippen LogP contribution in [0.15, 0.2) is 40.8 Å². The minimum absolute atomic E-state index is 0.135. The molecule has 1 aromatic heterocycles. The van der Waals surface area contributed by atoms with Crippen LogP contribution in [0.25, 0.3) is 6.08 Å². The molecule has 0 aliphatic rings. The Balaban J connectivity index is 1.99. The van der Waals surface area contributed by atoms with Crippen molar-refractivity contribution in [2.75, 3.05) is 0 Å². The molecule has 2 aromatic rings. The molecule has 0 saturated heterocycles. The number of primary amides is 1. The Morgan fingerprint density at radius 3 is 2.90 bits per heavy atom. The fourth-order valence-corrected chi connectivity index (χ4v) is 1.69. The van der Waals surface area contributed by atoms with Gasteiger partial charge < -0.3 is 14.9 Å². The van der Waals surface area contributed by atoms with E-state index in [2.05, 4.69) is 0 Å². The van der Waals surface area contributed by atoms with Crippen LogP contribution in [0.1, 0.15) is 11.5 Å². The van der Waals surface area contributed by atoms with E-state index >= 15 is 0 Å². The van der Waals surface area contributed by atoms with Gasteiger partial charge in [0.1, 0.15) is 29.7 Å². The molecular formula is C14H11ClFNO3. The number of furan rings is 1. The summed E-state index contributed by atoms with van der Waals surface area (Å²) in [6.45, 7) is 0.135. The summed E-state index contributed by atoms with van der Waals surface area (Å²) < 4.78 is 23.7. The van der Waals surface area contributed by atoms with Crippen molar-refractivity contribution in [2.45, 2.75) is 6.61 Å². The number of nitrogens with two attached hydrogens (primary N) is 1. The van der Waals surface area contributed by atoms with Gasteiger partial charge in [-0.3, -0.25) is 4.79 Å². The lowest BCUT2D eigenvalue weighted by Gasteiger charge is -2.05. The summed E-state index contributed by atoms with van der Waals surface area (Å²) in [6, 6.07) is 7.22. The number of carbonyl (C=O) groups excluding carboxylic acids is 1. The van der Waals surface area contributed by atoms with Crippen molar-refractivity contribution in [1.82, 2.24) is 0 Å². The van der Waals surface area contributed by atoms with E-state index in [0.29, 0.717) is 17.3 Å². The third kappa shape index (κ3) is 3.86. The Kier molecular flexibility index (Phi) is 4.42. The number of rotatable bonds is 5. The predicted octanol–water partition coefficient (Wildman–Crippen LogP) is 3.15. The maximum absolute atomic E-state index is 12.9. The summed E-state index contributed by atoms with van der Waals surface area (Å²) in [5, 5.41) is 0.186. The second-order valence-electron chi connectivity index (χ2n) is 3.90. The van der Waals surface area contributed by atoms with Gasteiger partial charge in [0.25, 0.3) is 0 Å². The minimum Gasteiger partial charge on any atom is -0.484 e. The zero-order valence-electron chi connectivity index (χ0n) is 10.3. The molecule has 6 heteroatoms. The fourth-order valence-electron chi connectivity index (χ4n) is 1.47. The highest BCUT2D eigenvalue weighted by molar-refractivity contribution is 6.32. The lowest BCUT2D eigenvalue weighted by atomic mass is 10.3. The smallest absolute Gasteiger partial charge is 0.241 e. The molecule has 0 aliphatic heterocycles. The van der Waals surface area contributed by atoms with Gasteiger partial charge in [0, 0.05) is 6.08 Å². The first-order valence-corrected chi connectivity index (χ1v) is 6.06. The van der Waals surface area contributed by atoms with Crippen molar-refractivity contribution in [3.8, 4) is 5.75 Å². The molecule has 0 unspecified atom stereocenters. The second kappa shape index (κ2) is 6.25. The number of halogens is 2. The van der Waals surface area contributed by atoms with Crippen molar-refractivity contribution in [3.63, 3.8) is 0 Å². The van der Waals surface area contributed by atoms with Gasteiger partial charge in [-0.1, -0.05) is 11.6 Å². The van der Waals surface area contributed by atoms with Gasteiger partial charge in [0.05, 0.1) is 5.02 Å². The summed E-state index contributed by atoms with van der Waals surface area (Å²) in [5.41, 5.74) is 4.97. The van der Waals surface area contributed by atoms with Gasteiger partial charge in [-0.05, 0) is 36.4 Å². The lowest BCUT2D eigenvalue weighted by Crippen LogP contribution is -2.04. The van der Waals surface area contributed by atoms with Crippen molar-refractivity contribution in [2.24, 2.45) is 5.73 Å². The Morgan fingerprint density at radius 1 is 1.40 bits per heavy atom. The van der Waals surface area contributed by atoms with Gasteiger partial charge in [-0.15, -0.1) is 0 Å². The molecule has 4 nitrogen and oxygen atoms in total. The third-order valence-electron chi connectivity index (χ3n) is 2.36. The highest BCUT2D eigenvalue weighted by Gasteiger charge is 2.05. The van der Waals surface area contributed by atoms with Gasteiger partial charge >= 0.3 is 0 Å². The SMILES string of the molecule is NC(=O)/C=C\c1ccc(COc2ccc(F)cc2Cl)o1. The predicted molar refractivity (Wildman–Crippen MR) is 72.7 cm³/mol. The topological polar surface area (TPSA) is 65.5 Å². The molecule has 104 valence electrons. The highest BCUT2D eigenvalue weighted by atomic mass is 35.5. The first-order chi connectivity index (χ1) is 9.54. The molecule has 0 atom stereocenters. The normalized spacial score (nSPS) is 10.9. The summed E-state index contributed by atoms with van der Waals surface area (Å²) in [4.78, 5) is 10.6. The largest absolute Gasteiger partial charge is 0.484 e. The van der Waals surface area contributed by atoms with Crippen molar-refractivity contribution < 1.29 is 18.3 Å². The Bertz CT molecular complexity index is 652. The summed E-state index contributed by atoms with van der Waals surface area (Å²) >= 11 is 5.83. The molecule has 2 rings (SSSR count). The maximum Gasteiger partial charge on any atom is 0.241 e. The standard InChI is InChI=1S/C14H11ClFNO3/c15-12-7-9(16)1-5-13(12)19-8-11-3-2-10(20-11)4-6-14(17)18/h1-7H,8H2,(H2,17,18)/b6-4-. The summed E-state index contributed by atoms with van der Waals surface area (Å²) in [7, 11) is 0. The average Bonchev–Trinajstić information content (AvgIpc) is 2.83. The Hall–Kier alpha value is -2.27. The maximum atomic E-state index is 12.9. The lowest BCUT2D eigenvalue weighted by molar-refractivity contribution is -0.113. The van der Waals surface area contributed by atoms with Crippen LogP contribution in [-0.4, -0.2) is 5.91 Å². The molecule has 0 fully saturated rings. The van der Waals surface area contributed by atoms with E-state index in [4.69, 9.17) is 26.5 Å². The summed E-state index contributed by atoms with van der Waals surface area (Å²) in [6.07, 6.45) is 2.65. The average molecular weight is 296 g/mol. The van der Waals surface area contributed by atoms with Gasteiger partial charge in [0.15, 0.2) is 0 Å². The molecule has 1 heterocycles. The Labute approximate surface area is 119 Å². The van der Waals surface area contributed by atoms with Crippen LogP contribution in [0, 0.1) is 5.82 Å². The van der Waals surface area contributed by atoms with E-state index in [1.165, 1.54) is 30.4 Å². The van der Waals surface area contributed by atoms with Crippen LogP contribution < -0.4 is 10.5 Å². The van der Waals surface area contributed by atoms with Crippen molar-refractivity contribution in [1.29, 1.82) is 0 Å². The van der Waals surface area contributed by atoms with Gasteiger partial charge in [-0.25, -0.2) is 4.39 Å². The van der Waals surface area contributed by atoms with E-state index in [9.17, 15) is 9.18 Å². The third-order valence-corrected chi connectivity index (χ3v) is 2.65. The van der Waals surface area contributed by atoms with E-state index in [-0.39, 0.29) is 11.6 Å². The molecular weight excluding hydrogens is 285 g/mol. The molecule has 1 aromatic carbocycles. The number of hydrogen-bond acceptors (Lipinski definition) is 3. The Morgan fingerprint density at radius 2 is 2.20 bits per heavy atom. The number of hydrogen-bond donors (Lipinski definition) is 1. The quantitative estimate of drug-likeness (QED) is 0.862. The molecule has 0 bridgehead atoms. The molecule has 0 spiro atoms. The second-order valence-corrected chi connectivity index (χ2v) is 4.31. The molecule has 2 N–H and O–H groups in total. The van der Waals surface area contributed by atoms with Crippen LogP contribution in [0.2, 0.25) is 5.02 Å². The van der Waals surface area contributed by atoms with Gasteiger partial charge in [0.2, 0.25) is 5.91 Å². The zero-order valence-corrected chi connectivity index (χ0v) is 11.1. The van der Waals surface area contributed by atoms with E-state index < -0.39 is 11.7 Å². The number of ether oxygens (including phenoxy) is 1. The van der Waals surface area contributed by atoms with Crippen LogP contribution >= 0.6 is 11.6 Å². The number of amides is 1. The monoisotopic (exact) mass is 295 g/mol. The first-order valence-electron chi connectivity index (χ1n) is 5.68. The van der Waals surface area contributed by atoms with Gasteiger partial charge in [-0.2, -0.15) is 0 Å². The van der Waals surface area contributed by atoms with E-state index in [1.807, 2.05) is 0 Å². The fraction of sp³-hybridized carbons (Fsp3) is 0.0714. The summed E-state index contributed by atoms with van der Waals surface area (Å²) in [5.74, 6) is 0.386. The molecule has 20 heavy (non-hydrogen) atoms. The highest BCUT2D eigenvalue weighted by Crippen LogP contribution is 2.26. The molecule has 0 saturated carbocycles. The molecule has 1 amide bonds. The van der Waals surface area contributed by atoms with Crippen LogP contribution in [0.5, 0.6) is 5.75 Å². The van der Waals surface area contributed by atoms with E-state index in [1.54, 1.807) is 12.1 Å². The van der Waals surface area contributed by atoms with Crippen LogP contribution in [-0.2, 0) is 11.4 Å². The van der Waals surface area contributed by atoms with Crippen LogP contribution in [0.4, 0.5) is 4.39 Å². The molecule has 0 radical (unpaired) electrons. The molecule has 0 aliphatic carbocycles. The van der Waals surface area contributed by atoms with Crippen molar-refractivity contribution >= 4 is 23.6 Å². The minimum atomic E-state index is -0.558. The van der Waals surface area contributed by atoms with Crippen molar-refractivity contribution in [3.05, 3.63) is 58.8 Å². The zero-order chi connectivity index (χ0) is 14.5. The van der Waals surface area contributed by atoms with Crippen LogP contribution in [0.3, 0.4) is 0 Å². The van der Waals surface area contributed by atoms with E-state index in [0.717, 1.165) is 0 Å². The first kappa shape index (κ1) is 14.1. The number of carbonyl (C=O) groups is 1.